The molecule has 18 heavy (non-hydrogen) atoms. The highest BCUT2D eigenvalue weighted by molar-refractivity contribution is 5.14. The molecular formula is C16H25NO. The van der Waals surface area contributed by atoms with Gasteiger partial charge in [0.05, 0.1) is 6.10 Å². The number of nitrogens with zero attached hydrogens (tertiary/aromatic N) is 1. The third kappa shape index (κ3) is 3.55. The lowest BCUT2D eigenvalue weighted by atomic mass is 9.78. The molecule has 3 atom stereocenters. The molecule has 1 aliphatic carbocycles. The second-order valence-corrected chi connectivity index (χ2v) is 5.81. The van der Waals surface area contributed by atoms with Crippen molar-refractivity contribution in [1.82, 2.24) is 4.98 Å². The van der Waals surface area contributed by atoms with Crippen LogP contribution in [0.2, 0.25) is 0 Å². The summed E-state index contributed by atoms with van der Waals surface area (Å²) in [6, 6.07) is 4.19. The van der Waals surface area contributed by atoms with Crippen molar-refractivity contribution in [3.8, 4) is 0 Å². The fourth-order valence-electron chi connectivity index (χ4n) is 3.00. The molecule has 0 aromatic carbocycles. The van der Waals surface area contributed by atoms with Gasteiger partial charge in [-0.15, -0.1) is 0 Å². The summed E-state index contributed by atoms with van der Waals surface area (Å²) in [5.74, 6) is 1.25. The second kappa shape index (κ2) is 6.33. The fraction of sp³-hybridized carbons (Fsp3) is 0.688. The zero-order valence-electron chi connectivity index (χ0n) is 11.6. The third-order valence-corrected chi connectivity index (χ3v) is 4.23. The number of rotatable bonds is 4. The highest BCUT2D eigenvalue weighted by atomic mass is 16.3. The van der Waals surface area contributed by atoms with Crippen LogP contribution in [-0.4, -0.2) is 16.2 Å². The maximum atomic E-state index is 10.3. The van der Waals surface area contributed by atoms with Gasteiger partial charge < -0.3 is 5.11 Å². The first-order valence-corrected chi connectivity index (χ1v) is 7.31. The predicted molar refractivity (Wildman–Crippen MR) is 74.4 cm³/mol. The van der Waals surface area contributed by atoms with Crippen molar-refractivity contribution in [1.29, 1.82) is 0 Å². The molecule has 1 saturated carbocycles. The molecule has 2 nitrogen and oxygen atoms in total. The van der Waals surface area contributed by atoms with Gasteiger partial charge in [-0.2, -0.15) is 0 Å². The number of aliphatic hydroxyl groups is 1. The predicted octanol–water partition coefficient (Wildman–Crippen LogP) is 3.37. The van der Waals surface area contributed by atoms with Crippen LogP contribution in [0.4, 0.5) is 0 Å². The van der Waals surface area contributed by atoms with Gasteiger partial charge in [0, 0.05) is 18.3 Å². The average molecular weight is 247 g/mol. The largest absolute Gasteiger partial charge is 0.392 e. The summed E-state index contributed by atoms with van der Waals surface area (Å²) in [7, 11) is 0. The van der Waals surface area contributed by atoms with Gasteiger partial charge in [-0.1, -0.05) is 32.8 Å². The van der Waals surface area contributed by atoms with Gasteiger partial charge >= 0.3 is 0 Å². The molecule has 1 heterocycles. The van der Waals surface area contributed by atoms with Crippen molar-refractivity contribution in [3.05, 3.63) is 29.6 Å². The maximum Gasteiger partial charge on any atom is 0.0623 e. The first kappa shape index (κ1) is 13.5. The molecule has 1 aromatic rings. The van der Waals surface area contributed by atoms with Gasteiger partial charge in [-0.3, -0.25) is 4.98 Å². The van der Waals surface area contributed by atoms with Crippen LogP contribution in [-0.2, 0) is 12.8 Å². The SMILES string of the molecule is CCc1ccc(CC(O)C2CCCC(C)C2)nc1. The number of hydrogen-bond acceptors (Lipinski definition) is 2. The van der Waals surface area contributed by atoms with Gasteiger partial charge in [0.25, 0.3) is 0 Å². The summed E-state index contributed by atoms with van der Waals surface area (Å²) >= 11 is 0. The summed E-state index contributed by atoms with van der Waals surface area (Å²) in [4.78, 5) is 4.44. The molecule has 1 aliphatic rings. The van der Waals surface area contributed by atoms with E-state index in [-0.39, 0.29) is 6.10 Å². The van der Waals surface area contributed by atoms with Crippen LogP contribution in [0.5, 0.6) is 0 Å². The van der Waals surface area contributed by atoms with Gasteiger partial charge in [-0.25, -0.2) is 0 Å². The van der Waals surface area contributed by atoms with Crippen LogP contribution in [0, 0.1) is 11.8 Å². The summed E-state index contributed by atoms with van der Waals surface area (Å²) in [5, 5.41) is 10.3. The Morgan fingerprint density at radius 1 is 1.39 bits per heavy atom. The number of aromatic nitrogens is 1. The normalized spacial score (nSPS) is 25.9. The van der Waals surface area contributed by atoms with Gasteiger partial charge in [0.2, 0.25) is 0 Å². The molecule has 0 aliphatic heterocycles. The van der Waals surface area contributed by atoms with Crippen molar-refractivity contribution in [2.75, 3.05) is 0 Å². The molecule has 0 amide bonds. The molecule has 1 aromatic heterocycles. The Kier molecular flexibility index (Phi) is 4.76. The van der Waals surface area contributed by atoms with E-state index in [1.165, 1.54) is 31.2 Å². The van der Waals surface area contributed by atoms with Crippen molar-refractivity contribution >= 4 is 0 Å². The van der Waals surface area contributed by atoms with Crippen LogP contribution in [0.25, 0.3) is 0 Å². The molecule has 1 N–H and O–H groups in total. The minimum absolute atomic E-state index is 0.215. The monoisotopic (exact) mass is 247 g/mol. The molecular weight excluding hydrogens is 222 g/mol. The quantitative estimate of drug-likeness (QED) is 0.885. The number of aliphatic hydroxyl groups excluding tert-OH is 1. The van der Waals surface area contributed by atoms with E-state index in [1.807, 2.05) is 6.20 Å². The van der Waals surface area contributed by atoms with Crippen LogP contribution in [0.1, 0.15) is 50.8 Å². The van der Waals surface area contributed by atoms with E-state index in [9.17, 15) is 5.11 Å². The van der Waals surface area contributed by atoms with Crippen molar-refractivity contribution < 1.29 is 5.11 Å². The van der Waals surface area contributed by atoms with Crippen molar-refractivity contribution in [2.24, 2.45) is 11.8 Å². The van der Waals surface area contributed by atoms with E-state index in [4.69, 9.17) is 0 Å². The summed E-state index contributed by atoms with van der Waals surface area (Å²) in [6.45, 7) is 4.43. The maximum absolute atomic E-state index is 10.3. The lowest BCUT2D eigenvalue weighted by Crippen LogP contribution is -2.27. The minimum Gasteiger partial charge on any atom is -0.392 e. The minimum atomic E-state index is -0.215. The molecule has 1 fully saturated rings. The topological polar surface area (TPSA) is 33.1 Å². The molecule has 3 unspecified atom stereocenters. The van der Waals surface area contributed by atoms with E-state index >= 15 is 0 Å². The number of pyridine rings is 1. The molecule has 0 saturated heterocycles. The zero-order chi connectivity index (χ0) is 13.0. The zero-order valence-corrected chi connectivity index (χ0v) is 11.6. The Morgan fingerprint density at radius 3 is 2.83 bits per heavy atom. The van der Waals surface area contributed by atoms with Gasteiger partial charge in [0.15, 0.2) is 0 Å². The van der Waals surface area contributed by atoms with Crippen molar-refractivity contribution in [3.63, 3.8) is 0 Å². The summed E-state index contributed by atoms with van der Waals surface area (Å²) in [5.41, 5.74) is 2.29. The molecule has 2 heteroatoms. The Bertz CT molecular complexity index is 360. The van der Waals surface area contributed by atoms with E-state index in [0.717, 1.165) is 18.0 Å². The molecule has 2 rings (SSSR count). The van der Waals surface area contributed by atoms with E-state index in [2.05, 4.69) is 31.0 Å². The summed E-state index contributed by atoms with van der Waals surface area (Å²) in [6.07, 6.45) is 8.40. The Morgan fingerprint density at radius 2 is 2.22 bits per heavy atom. The van der Waals surface area contributed by atoms with Crippen molar-refractivity contribution in [2.45, 2.75) is 58.5 Å². The standard InChI is InChI=1S/C16H25NO/c1-3-13-7-8-15(17-11-13)10-16(18)14-6-4-5-12(2)9-14/h7-8,11-12,14,16,18H,3-6,9-10H2,1-2H3. The Balaban J connectivity index is 1.91. The molecule has 0 spiro atoms. The van der Waals surface area contributed by atoms with Gasteiger partial charge in [-0.05, 0) is 42.7 Å². The third-order valence-electron chi connectivity index (χ3n) is 4.23. The fourth-order valence-corrected chi connectivity index (χ4v) is 3.00. The molecule has 0 bridgehead atoms. The molecule has 100 valence electrons. The lowest BCUT2D eigenvalue weighted by Gasteiger charge is -2.30. The van der Waals surface area contributed by atoms with E-state index in [1.54, 1.807) is 0 Å². The smallest absolute Gasteiger partial charge is 0.0623 e. The Labute approximate surface area is 110 Å². The van der Waals surface area contributed by atoms with Crippen LogP contribution >= 0.6 is 0 Å². The number of hydrogen-bond donors (Lipinski definition) is 1. The van der Waals surface area contributed by atoms with Gasteiger partial charge in [0.1, 0.15) is 0 Å². The number of aryl methyl sites for hydroxylation is 1. The van der Waals surface area contributed by atoms with E-state index in [0.29, 0.717) is 12.3 Å². The first-order valence-electron chi connectivity index (χ1n) is 7.31. The first-order chi connectivity index (χ1) is 8.69. The van der Waals surface area contributed by atoms with Crippen LogP contribution in [0.3, 0.4) is 0 Å². The lowest BCUT2D eigenvalue weighted by molar-refractivity contribution is 0.0712. The van der Waals surface area contributed by atoms with Crippen LogP contribution in [0.15, 0.2) is 18.3 Å². The van der Waals surface area contributed by atoms with Crippen LogP contribution < -0.4 is 0 Å². The second-order valence-electron chi connectivity index (χ2n) is 5.81. The molecule has 0 radical (unpaired) electrons. The summed E-state index contributed by atoms with van der Waals surface area (Å²) < 4.78 is 0. The highest BCUT2D eigenvalue weighted by Gasteiger charge is 2.25. The highest BCUT2D eigenvalue weighted by Crippen LogP contribution is 2.31. The van der Waals surface area contributed by atoms with E-state index < -0.39 is 0 Å². The average Bonchev–Trinajstić information content (AvgIpc) is 2.39. The Hall–Kier alpha value is -0.890.